The van der Waals surface area contributed by atoms with E-state index in [0.29, 0.717) is 11.3 Å². The van der Waals surface area contributed by atoms with E-state index in [4.69, 9.17) is 4.74 Å². The molecule has 0 saturated carbocycles. The first-order chi connectivity index (χ1) is 14.9. The molecule has 0 spiro atoms. The van der Waals surface area contributed by atoms with Crippen LogP contribution in [0.5, 0.6) is 0 Å². The van der Waals surface area contributed by atoms with Crippen LogP contribution in [0.4, 0.5) is 5.69 Å². The normalized spacial score (nSPS) is 18.0. The lowest BCUT2D eigenvalue weighted by Gasteiger charge is -2.30. The third-order valence-corrected chi connectivity index (χ3v) is 6.16. The Bertz CT molecular complexity index is 1060. The number of ether oxygens (including phenoxy) is 1. The number of halogens is 1. The number of nitriles is 1. The van der Waals surface area contributed by atoms with Crippen LogP contribution < -0.4 is 10.6 Å². The van der Waals surface area contributed by atoms with Crippen molar-refractivity contribution in [1.82, 2.24) is 5.32 Å². The molecule has 3 rings (SSSR count). The van der Waals surface area contributed by atoms with Crippen LogP contribution in [0.1, 0.15) is 11.5 Å². The Morgan fingerprint density at radius 2 is 1.87 bits per heavy atom. The summed E-state index contributed by atoms with van der Waals surface area (Å²) >= 11 is 4.37. The number of methoxy groups -OCH3 is 1. The number of anilines is 1. The van der Waals surface area contributed by atoms with Crippen molar-refractivity contribution in [1.29, 1.82) is 5.26 Å². The minimum absolute atomic E-state index is 0.0265. The second-order valence-corrected chi connectivity index (χ2v) is 8.48. The largest absolute Gasteiger partial charge is 0.468 e. The fourth-order valence-corrected chi connectivity index (χ4v) is 4.32. The molecule has 31 heavy (non-hydrogen) atoms. The molecule has 2 amide bonds. The summed E-state index contributed by atoms with van der Waals surface area (Å²) in [5.41, 5.74) is 1.48. The summed E-state index contributed by atoms with van der Waals surface area (Å²) in [5.74, 6) is -3.61. The van der Waals surface area contributed by atoms with Crippen molar-refractivity contribution < 1.29 is 19.1 Å². The summed E-state index contributed by atoms with van der Waals surface area (Å²) in [7, 11) is 1.20. The lowest BCUT2D eigenvalue weighted by atomic mass is 9.78. The molecule has 0 aromatic heterocycles. The SMILES string of the molecule is COC(=O)[C@H]1C(=O)NC(SCC(=O)Nc2ccc(Br)cc2)=C(C#N)[C@H]1c1ccccc1. The number of carbonyl (C=O) groups is 3. The van der Waals surface area contributed by atoms with Crippen LogP contribution in [-0.2, 0) is 19.1 Å². The van der Waals surface area contributed by atoms with Gasteiger partial charge in [0.05, 0.1) is 29.5 Å². The van der Waals surface area contributed by atoms with Gasteiger partial charge >= 0.3 is 5.97 Å². The molecule has 0 saturated heterocycles. The van der Waals surface area contributed by atoms with Crippen molar-refractivity contribution in [2.45, 2.75) is 5.92 Å². The average molecular weight is 500 g/mol. The van der Waals surface area contributed by atoms with Crippen LogP contribution in [0.25, 0.3) is 0 Å². The minimum atomic E-state index is -1.19. The molecule has 2 aromatic carbocycles. The van der Waals surface area contributed by atoms with E-state index < -0.39 is 23.7 Å². The number of thioether (sulfide) groups is 1. The Morgan fingerprint density at radius 3 is 2.48 bits per heavy atom. The third-order valence-electron chi connectivity index (χ3n) is 4.62. The summed E-state index contributed by atoms with van der Waals surface area (Å²) in [6, 6.07) is 18.1. The molecule has 0 radical (unpaired) electrons. The Morgan fingerprint density at radius 1 is 1.19 bits per heavy atom. The van der Waals surface area contributed by atoms with Gasteiger partial charge < -0.3 is 15.4 Å². The number of nitrogens with zero attached hydrogens (tertiary/aromatic N) is 1. The van der Waals surface area contributed by atoms with Gasteiger partial charge in [-0.2, -0.15) is 5.26 Å². The standard InChI is InChI=1S/C22H18BrN3O4S/c1-30-22(29)19-18(13-5-3-2-4-6-13)16(11-24)21(26-20(19)28)31-12-17(27)25-15-9-7-14(23)8-10-15/h2-10,18-19H,12H2,1H3,(H,25,27)(H,26,28)/t18-,19-/m1/s1. The van der Waals surface area contributed by atoms with Crippen molar-refractivity contribution in [3.8, 4) is 6.07 Å². The molecule has 0 aliphatic carbocycles. The molecule has 0 fully saturated rings. The van der Waals surface area contributed by atoms with Gasteiger partial charge in [-0.15, -0.1) is 0 Å². The molecule has 0 bridgehead atoms. The van der Waals surface area contributed by atoms with Crippen LogP contribution in [0.15, 0.2) is 69.7 Å². The number of amides is 2. The predicted octanol–water partition coefficient (Wildman–Crippen LogP) is 3.56. The number of nitrogens with one attached hydrogen (secondary N) is 2. The number of hydrogen-bond donors (Lipinski definition) is 2. The van der Waals surface area contributed by atoms with Crippen LogP contribution in [0.2, 0.25) is 0 Å². The molecule has 1 aliphatic heterocycles. The molecular formula is C22H18BrN3O4S. The number of benzene rings is 2. The molecule has 7 nitrogen and oxygen atoms in total. The summed E-state index contributed by atoms with van der Waals surface area (Å²) in [5, 5.41) is 15.5. The smallest absolute Gasteiger partial charge is 0.319 e. The maximum Gasteiger partial charge on any atom is 0.319 e. The Labute approximate surface area is 192 Å². The maximum absolute atomic E-state index is 12.7. The molecule has 0 unspecified atom stereocenters. The van der Waals surface area contributed by atoms with Gasteiger partial charge in [0.1, 0.15) is 5.92 Å². The van der Waals surface area contributed by atoms with Crippen LogP contribution in [0, 0.1) is 17.2 Å². The van der Waals surface area contributed by atoms with E-state index in [-0.39, 0.29) is 22.3 Å². The fourth-order valence-electron chi connectivity index (χ4n) is 3.21. The second kappa shape index (κ2) is 10.3. The molecule has 1 aliphatic rings. The lowest BCUT2D eigenvalue weighted by Crippen LogP contribution is -2.44. The summed E-state index contributed by atoms with van der Waals surface area (Å²) in [6.07, 6.45) is 0. The first-order valence-corrected chi connectivity index (χ1v) is 11.0. The number of hydrogen-bond acceptors (Lipinski definition) is 6. The second-order valence-electron chi connectivity index (χ2n) is 6.58. The monoisotopic (exact) mass is 499 g/mol. The molecule has 2 atom stereocenters. The highest BCUT2D eigenvalue weighted by Crippen LogP contribution is 2.40. The third kappa shape index (κ3) is 5.34. The summed E-state index contributed by atoms with van der Waals surface area (Å²) < 4.78 is 5.70. The van der Waals surface area contributed by atoms with Crippen molar-refractivity contribution in [2.24, 2.45) is 5.92 Å². The van der Waals surface area contributed by atoms with E-state index in [1.165, 1.54) is 7.11 Å². The zero-order valence-corrected chi connectivity index (χ0v) is 18.8. The first-order valence-electron chi connectivity index (χ1n) is 9.20. The van der Waals surface area contributed by atoms with E-state index in [1.54, 1.807) is 54.6 Å². The van der Waals surface area contributed by atoms with Gasteiger partial charge in [-0.25, -0.2) is 0 Å². The fraction of sp³-hybridized carbons (Fsp3) is 0.182. The number of rotatable bonds is 6. The van der Waals surface area contributed by atoms with Crippen LogP contribution >= 0.6 is 27.7 Å². The lowest BCUT2D eigenvalue weighted by molar-refractivity contribution is -0.150. The summed E-state index contributed by atoms with van der Waals surface area (Å²) in [6.45, 7) is 0. The van der Waals surface area contributed by atoms with E-state index in [2.05, 4.69) is 32.6 Å². The quantitative estimate of drug-likeness (QED) is 0.464. The van der Waals surface area contributed by atoms with E-state index >= 15 is 0 Å². The minimum Gasteiger partial charge on any atom is -0.468 e. The highest BCUT2D eigenvalue weighted by Gasteiger charge is 2.44. The van der Waals surface area contributed by atoms with E-state index in [9.17, 15) is 19.6 Å². The Balaban J connectivity index is 1.85. The Kier molecular flexibility index (Phi) is 7.50. The van der Waals surface area contributed by atoms with E-state index in [0.717, 1.165) is 16.2 Å². The van der Waals surface area contributed by atoms with Crippen LogP contribution in [0.3, 0.4) is 0 Å². The maximum atomic E-state index is 12.7. The number of carbonyl (C=O) groups excluding carboxylic acids is 3. The van der Waals surface area contributed by atoms with E-state index in [1.807, 2.05) is 0 Å². The predicted molar refractivity (Wildman–Crippen MR) is 121 cm³/mol. The van der Waals surface area contributed by atoms with Crippen molar-refractivity contribution in [3.05, 3.63) is 75.2 Å². The highest BCUT2D eigenvalue weighted by atomic mass is 79.9. The van der Waals surface area contributed by atoms with Gasteiger partial charge in [0, 0.05) is 16.1 Å². The van der Waals surface area contributed by atoms with Crippen molar-refractivity contribution in [2.75, 3.05) is 18.2 Å². The summed E-state index contributed by atoms with van der Waals surface area (Å²) in [4.78, 5) is 37.4. The van der Waals surface area contributed by atoms with Gasteiger partial charge in [-0.3, -0.25) is 14.4 Å². The Hall–Kier alpha value is -3.09. The van der Waals surface area contributed by atoms with Gasteiger partial charge in [0.15, 0.2) is 0 Å². The molecule has 2 N–H and O–H groups in total. The molecule has 158 valence electrons. The van der Waals surface area contributed by atoms with Crippen molar-refractivity contribution >= 4 is 51.2 Å². The zero-order chi connectivity index (χ0) is 22.4. The van der Waals surface area contributed by atoms with Crippen LogP contribution in [-0.4, -0.2) is 30.6 Å². The first kappa shape index (κ1) is 22.6. The zero-order valence-electron chi connectivity index (χ0n) is 16.4. The van der Waals surface area contributed by atoms with Gasteiger partial charge in [-0.05, 0) is 29.8 Å². The number of allylic oxidation sites excluding steroid dienone is 1. The average Bonchev–Trinajstić information content (AvgIpc) is 2.78. The van der Waals surface area contributed by atoms with Gasteiger partial charge in [-0.1, -0.05) is 58.0 Å². The number of esters is 1. The topological polar surface area (TPSA) is 108 Å². The molecular weight excluding hydrogens is 482 g/mol. The van der Waals surface area contributed by atoms with Gasteiger partial charge in [0.25, 0.3) is 0 Å². The van der Waals surface area contributed by atoms with Crippen molar-refractivity contribution in [3.63, 3.8) is 0 Å². The highest BCUT2D eigenvalue weighted by molar-refractivity contribution is 9.10. The molecule has 9 heteroatoms. The molecule has 1 heterocycles. The molecule has 2 aromatic rings. The van der Waals surface area contributed by atoms with Gasteiger partial charge in [0.2, 0.25) is 11.8 Å².